The maximum Gasteiger partial charge on any atom is 0.0691 e. The molecule has 0 radical (unpaired) electrons. The number of nitrogens with one attached hydrogen (secondary N) is 2. The summed E-state index contributed by atoms with van der Waals surface area (Å²) in [4.78, 5) is 17.9. The van der Waals surface area contributed by atoms with E-state index in [1.165, 1.54) is 44.3 Å². The van der Waals surface area contributed by atoms with Crippen molar-refractivity contribution in [2.75, 3.05) is 0 Å². The lowest BCUT2D eigenvalue weighted by Gasteiger charge is -2.04. The molecule has 0 saturated heterocycles. The highest BCUT2D eigenvalue weighted by molar-refractivity contribution is 5.83. The monoisotopic (exact) mass is 478 g/mol. The van der Waals surface area contributed by atoms with Gasteiger partial charge in [0.15, 0.2) is 0 Å². The van der Waals surface area contributed by atoms with Gasteiger partial charge in [-0.25, -0.2) is 9.97 Å². The highest BCUT2D eigenvalue weighted by atomic mass is 14.8. The molecular weight excluding hydrogens is 440 g/mol. The summed E-state index contributed by atoms with van der Waals surface area (Å²) in [7, 11) is 0. The minimum atomic E-state index is 0.966. The van der Waals surface area contributed by atoms with E-state index in [0.29, 0.717) is 0 Å². The molecule has 2 N–H and O–H groups in total. The molecule has 2 aliphatic rings. The normalized spacial score (nSPS) is 12.6. The minimum Gasteiger partial charge on any atom is -0.355 e. The Kier molecular flexibility index (Phi) is 7.22. The van der Waals surface area contributed by atoms with Crippen molar-refractivity contribution in [2.24, 2.45) is 0 Å². The van der Waals surface area contributed by atoms with Gasteiger partial charge in [0.25, 0.3) is 0 Å². The standard InChI is InChI=1S/C32H38N4/c1-5-9-21-25-13-15-27(33-25)22(10-6-2)29-17-19-31(35-29)24(12-8-4)32-20-18-30(36-32)23(11-7-3)28-16-14-26(21)34-28/h13-20,33-34H,5-12H2,1-4H3. The Morgan fingerprint density at radius 1 is 0.444 bits per heavy atom. The molecule has 0 atom stereocenters. The maximum absolute atomic E-state index is 5.18. The minimum absolute atomic E-state index is 0.966. The number of rotatable bonds is 8. The van der Waals surface area contributed by atoms with Gasteiger partial charge in [-0.3, -0.25) is 0 Å². The van der Waals surface area contributed by atoms with Crippen molar-refractivity contribution in [3.8, 4) is 0 Å². The molecule has 0 amide bonds. The summed E-state index contributed by atoms with van der Waals surface area (Å²) in [6.07, 6.45) is 17.0. The summed E-state index contributed by atoms with van der Waals surface area (Å²) in [5.74, 6) is 0. The molecular formula is C32H38N4. The van der Waals surface area contributed by atoms with Gasteiger partial charge in [-0.2, -0.15) is 0 Å². The zero-order valence-corrected chi connectivity index (χ0v) is 22.2. The lowest BCUT2D eigenvalue weighted by molar-refractivity contribution is 0.897. The fourth-order valence-electron chi connectivity index (χ4n) is 5.49. The van der Waals surface area contributed by atoms with Crippen molar-refractivity contribution < 1.29 is 0 Å². The first-order chi connectivity index (χ1) is 17.7. The van der Waals surface area contributed by atoms with Crippen LogP contribution in [-0.2, 0) is 25.7 Å². The third-order valence-corrected chi connectivity index (χ3v) is 7.19. The predicted octanol–water partition coefficient (Wildman–Crippen LogP) is 8.47. The van der Waals surface area contributed by atoms with E-state index < -0.39 is 0 Å². The predicted molar refractivity (Wildman–Crippen MR) is 155 cm³/mol. The van der Waals surface area contributed by atoms with Gasteiger partial charge >= 0.3 is 0 Å². The number of H-pyrrole nitrogens is 2. The van der Waals surface area contributed by atoms with Crippen LogP contribution in [0.4, 0.5) is 0 Å². The van der Waals surface area contributed by atoms with Gasteiger partial charge in [0.05, 0.1) is 22.8 Å². The Hall–Kier alpha value is -3.40. The third-order valence-electron chi connectivity index (χ3n) is 7.19. The van der Waals surface area contributed by atoms with Gasteiger partial charge in [0.1, 0.15) is 0 Å². The summed E-state index contributed by atoms with van der Waals surface area (Å²) >= 11 is 0. The average Bonchev–Trinajstić information content (AvgIpc) is 3.69. The van der Waals surface area contributed by atoms with Crippen LogP contribution >= 0.6 is 0 Å². The van der Waals surface area contributed by atoms with Crippen LogP contribution in [0.3, 0.4) is 0 Å². The summed E-state index contributed by atoms with van der Waals surface area (Å²) in [6, 6.07) is 8.97. The first kappa shape index (κ1) is 24.3. The quantitative estimate of drug-likeness (QED) is 0.235. The molecule has 3 aromatic heterocycles. The lowest BCUT2D eigenvalue weighted by Crippen LogP contribution is -1.96. The van der Waals surface area contributed by atoms with Crippen LogP contribution in [0.15, 0.2) is 24.3 Å². The summed E-state index contributed by atoms with van der Waals surface area (Å²) in [5.41, 5.74) is 14.1. The molecule has 0 unspecified atom stereocenters. The van der Waals surface area contributed by atoms with Crippen LogP contribution in [0.25, 0.3) is 46.4 Å². The average molecular weight is 479 g/mol. The Labute approximate surface area is 214 Å². The van der Waals surface area contributed by atoms with Crippen molar-refractivity contribution in [1.82, 2.24) is 19.9 Å². The molecule has 2 aliphatic heterocycles. The van der Waals surface area contributed by atoms with Gasteiger partial charge in [-0.05, 0) is 79.8 Å². The largest absolute Gasteiger partial charge is 0.355 e. The smallest absolute Gasteiger partial charge is 0.0691 e. The van der Waals surface area contributed by atoms with Gasteiger partial charge in [0, 0.05) is 38.8 Å². The molecule has 0 spiro atoms. The molecule has 0 saturated carbocycles. The van der Waals surface area contributed by atoms with E-state index in [1.807, 2.05) is 0 Å². The number of aromatic amines is 2. The van der Waals surface area contributed by atoms with Crippen molar-refractivity contribution >= 4 is 46.4 Å². The molecule has 36 heavy (non-hydrogen) atoms. The second-order valence-corrected chi connectivity index (χ2v) is 9.92. The number of fused-ring (bicyclic) bond motifs is 8. The number of aryl methyl sites for hydroxylation is 3. The summed E-state index contributed by atoms with van der Waals surface area (Å²) in [5, 5.41) is 0. The lowest BCUT2D eigenvalue weighted by atomic mass is 10.1. The molecule has 4 nitrogen and oxygen atoms in total. The molecule has 8 bridgehead atoms. The SMILES string of the molecule is CCCc1c2nc(c(CCC)c3ccc([nH]3)c(CCC)c3ccc([nH]3)c(CCC)c3nc1C=C3)C=C2. The van der Waals surface area contributed by atoms with E-state index >= 15 is 0 Å². The van der Waals surface area contributed by atoms with Crippen molar-refractivity contribution in [2.45, 2.75) is 79.1 Å². The van der Waals surface area contributed by atoms with Crippen molar-refractivity contribution in [1.29, 1.82) is 0 Å². The van der Waals surface area contributed by atoms with Crippen LogP contribution in [-0.4, -0.2) is 19.9 Å². The topological polar surface area (TPSA) is 57.4 Å². The van der Waals surface area contributed by atoms with Gasteiger partial charge in [-0.1, -0.05) is 53.4 Å². The van der Waals surface area contributed by atoms with E-state index in [0.717, 1.165) is 74.1 Å². The van der Waals surface area contributed by atoms with E-state index in [2.05, 4.69) is 86.2 Å². The maximum atomic E-state index is 5.18. The Morgan fingerprint density at radius 2 is 0.750 bits per heavy atom. The second kappa shape index (κ2) is 10.7. The zero-order valence-electron chi connectivity index (χ0n) is 22.2. The van der Waals surface area contributed by atoms with Crippen molar-refractivity contribution in [3.63, 3.8) is 0 Å². The highest BCUT2D eigenvalue weighted by Gasteiger charge is 2.16. The fourth-order valence-corrected chi connectivity index (χ4v) is 5.49. The van der Waals surface area contributed by atoms with Crippen LogP contribution in [0.1, 0.15) is 98.4 Å². The van der Waals surface area contributed by atoms with Crippen LogP contribution in [0.5, 0.6) is 0 Å². The first-order valence-corrected chi connectivity index (χ1v) is 13.8. The highest BCUT2D eigenvalue weighted by Crippen LogP contribution is 2.28. The molecule has 0 aromatic carbocycles. The summed E-state index contributed by atoms with van der Waals surface area (Å²) < 4.78 is 0. The molecule has 0 fully saturated rings. The third kappa shape index (κ3) is 4.57. The number of aromatic nitrogens is 4. The molecule has 5 rings (SSSR count). The zero-order chi connectivity index (χ0) is 25.1. The second-order valence-electron chi connectivity index (χ2n) is 9.92. The van der Waals surface area contributed by atoms with Crippen LogP contribution in [0.2, 0.25) is 0 Å². The molecule has 186 valence electrons. The molecule has 4 heteroatoms. The summed E-state index contributed by atoms with van der Waals surface area (Å²) in [6.45, 7) is 8.96. The molecule has 5 heterocycles. The van der Waals surface area contributed by atoms with Gasteiger partial charge < -0.3 is 9.97 Å². The number of nitrogens with zero attached hydrogens (tertiary/aromatic N) is 2. The Bertz CT molecular complexity index is 1370. The van der Waals surface area contributed by atoms with Crippen LogP contribution < -0.4 is 0 Å². The Balaban J connectivity index is 1.94. The fraction of sp³-hybridized carbons (Fsp3) is 0.375. The van der Waals surface area contributed by atoms with E-state index in [1.54, 1.807) is 0 Å². The molecule has 0 aliphatic carbocycles. The van der Waals surface area contributed by atoms with Crippen molar-refractivity contribution in [3.05, 3.63) is 69.3 Å². The van der Waals surface area contributed by atoms with E-state index in [4.69, 9.17) is 9.97 Å². The van der Waals surface area contributed by atoms with Gasteiger partial charge in [-0.15, -0.1) is 0 Å². The first-order valence-electron chi connectivity index (χ1n) is 13.8. The van der Waals surface area contributed by atoms with E-state index in [-0.39, 0.29) is 0 Å². The molecule has 3 aromatic rings. The van der Waals surface area contributed by atoms with Crippen LogP contribution in [0, 0.1) is 0 Å². The number of hydrogen-bond acceptors (Lipinski definition) is 2. The van der Waals surface area contributed by atoms with E-state index in [9.17, 15) is 0 Å². The van der Waals surface area contributed by atoms with Gasteiger partial charge in [0.2, 0.25) is 0 Å². The Morgan fingerprint density at radius 3 is 1.14 bits per heavy atom. The number of hydrogen-bond donors (Lipinski definition) is 2.